The lowest BCUT2D eigenvalue weighted by molar-refractivity contribution is 0.00632. The molecule has 1 atom stereocenters. The first-order valence-electron chi connectivity index (χ1n) is 5.65. The van der Waals surface area contributed by atoms with Gasteiger partial charge in [-0.2, -0.15) is 11.8 Å². The average molecular weight is 258 g/mol. The van der Waals surface area contributed by atoms with E-state index >= 15 is 0 Å². The van der Waals surface area contributed by atoms with Crippen molar-refractivity contribution in [2.24, 2.45) is 0 Å². The fourth-order valence-corrected chi connectivity index (χ4v) is 4.05. The van der Waals surface area contributed by atoms with E-state index in [-0.39, 0.29) is 6.10 Å². The van der Waals surface area contributed by atoms with Gasteiger partial charge in [0.1, 0.15) is 6.10 Å². The number of aliphatic hydroxyl groups is 1. The molecule has 0 fully saturated rings. The molecule has 0 spiro atoms. The summed E-state index contributed by atoms with van der Waals surface area (Å²) < 4.78 is 5.44. The van der Waals surface area contributed by atoms with Crippen LogP contribution in [0.4, 0.5) is 0 Å². The van der Waals surface area contributed by atoms with Gasteiger partial charge in [0.2, 0.25) is 0 Å². The normalized spacial score (nSPS) is 17.5. The van der Waals surface area contributed by atoms with Crippen LogP contribution in [-0.4, -0.2) is 23.6 Å². The third kappa shape index (κ3) is 3.00. The third-order valence-corrected chi connectivity index (χ3v) is 4.91. The summed E-state index contributed by atoms with van der Waals surface area (Å²) in [6.07, 6.45) is 0.880. The molecular weight excluding hydrogens is 240 g/mol. The van der Waals surface area contributed by atoms with E-state index in [1.54, 1.807) is 11.3 Å². The molecule has 2 nitrogen and oxygen atoms in total. The lowest BCUT2D eigenvalue weighted by Crippen LogP contribution is -2.10. The van der Waals surface area contributed by atoms with Crippen LogP contribution in [0.3, 0.4) is 0 Å². The van der Waals surface area contributed by atoms with Crippen molar-refractivity contribution in [1.29, 1.82) is 0 Å². The highest BCUT2D eigenvalue weighted by atomic mass is 32.2. The first kappa shape index (κ1) is 12.4. The van der Waals surface area contributed by atoms with Crippen LogP contribution in [0, 0.1) is 0 Å². The first-order valence-corrected chi connectivity index (χ1v) is 7.63. The second-order valence-corrected chi connectivity index (χ2v) is 6.57. The zero-order valence-corrected chi connectivity index (χ0v) is 11.4. The van der Waals surface area contributed by atoms with Gasteiger partial charge in [0, 0.05) is 15.5 Å². The Morgan fingerprint density at radius 2 is 2.31 bits per heavy atom. The number of hydrogen-bond donors (Lipinski definition) is 1. The molecular formula is C12H18O2S2. The molecule has 0 saturated carbocycles. The Balaban J connectivity index is 2.00. The molecule has 0 radical (unpaired) electrons. The number of ether oxygens (including phenoxy) is 1. The number of fused-ring (bicyclic) bond motifs is 1. The Morgan fingerprint density at radius 1 is 1.50 bits per heavy atom. The smallest absolute Gasteiger partial charge is 0.111 e. The molecule has 1 aliphatic heterocycles. The SMILES string of the molecule is CC(C)OCC(O)c1cc2c(s1)CCSC2. The quantitative estimate of drug-likeness (QED) is 0.900. The predicted octanol–water partition coefficient (Wildman–Crippen LogP) is 3.00. The van der Waals surface area contributed by atoms with Crippen molar-refractivity contribution in [3.8, 4) is 0 Å². The maximum atomic E-state index is 10.00. The molecule has 1 N–H and O–H groups in total. The van der Waals surface area contributed by atoms with E-state index in [4.69, 9.17) is 4.74 Å². The topological polar surface area (TPSA) is 29.5 Å². The zero-order valence-electron chi connectivity index (χ0n) is 9.73. The second-order valence-electron chi connectivity index (χ2n) is 4.30. The summed E-state index contributed by atoms with van der Waals surface area (Å²) in [7, 11) is 0. The lowest BCUT2D eigenvalue weighted by Gasteiger charge is -2.11. The van der Waals surface area contributed by atoms with Crippen LogP contribution >= 0.6 is 23.1 Å². The van der Waals surface area contributed by atoms with E-state index in [9.17, 15) is 5.11 Å². The number of thioether (sulfide) groups is 1. The summed E-state index contributed by atoms with van der Waals surface area (Å²) in [6.45, 7) is 4.38. The Labute approximate surface area is 105 Å². The summed E-state index contributed by atoms with van der Waals surface area (Å²) in [6, 6.07) is 2.15. The standard InChI is InChI=1S/C12H18O2S2/c1-8(2)14-6-10(13)12-5-9-7-15-4-3-11(9)16-12/h5,8,10,13H,3-4,6-7H2,1-2H3. The Kier molecular flexibility index (Phi) is 4.30. The minimum absolute atomic E-state index is 0.180. The molecule has 90 valence electrons. The van der Waals surface area contributed by atoms with Crippen LogP contribution in [0.25, 0.3) is 0 Å². The van der Waals surface area contributed by atoms with Crippen molar-refractivity contribution in [2.45, 2.75) is 38.2 Å². The highest BCUT2D eigenvalue weighted by molar-refractivity contribution is 7.98. The van der Waals surface area contributed by atoms with Crippen LogP contribution < -0.4 is 0 Å². The van der Waals surface area contributed by atoms with Crippen molar-refractivity contribution in [2.75, 3.05) is 12.4 Å². The molecule has 0 aliphatic carbocycles. The van der Waals surface area contributed by atoms with Crippen molar-refractivity contribution < 1.29 is 9.84 Å². The van der Waals surface area contributed by atoms with Crippen molar-refractivity contribution in [1.82, 2.24) is 0 Å². The number of rotatable bonds is 4. The Morgan fingerprint density at radius 3 is 3.00 bits per heavy atom. The number of thiophene rings is 1. The molecule has 2 heterocycles. The van der Waals surface area contributed by atoms with E-state index < -0.39 is 6.10 Å². The Bertz CT molecular complexity index is 323. The zero-order chi connectivity index (χ0) is 11.5. The summed E-state index contributed by atoms with van der Waals surface area (Å²) >= 11 is 3.73. The molecule has 1 aromatic heterocycles. The minimum Gasteiger partial charge on any atom is -0.385 e. The fourth-order valence-electron chi connectivity index (χ4n) is 1.70. The molecule has 1 aliphatic rings. The molecule has 1 aromatic rings. The van der Waals surface area contributed by atoms with E-state index in [0.29, 0.717) is 6.61 Å². The van der Waals surface area contributed by atoms with Crippen molar-refractivity contribution in [3.63, 3.8) is 0 Å². The monoisotopic (exact) mass is 258 g/mol. The molecule has 0 aromatic carbocycles. The summed E-state index contributed by atoms with van der Waals surface area (Å²) in [5, 5.41) is 10.00. The van der Waals surface area contributed by atoms with Crippen LogP contribution in [0.2, 0.25) is 0 Å². The molecule has 2 rings (SSSR count). The maximum absolute atomic E-state index is 10.00. The van der Waals surface area contributed by atoms with Gasteiger partial charge in [-0.05, 0) is 37.7 Å². The van der Waals surface area contributed by atoms with Gasteiger partial charge in [0.05, 0.1) is 12.7 Å². The lowest BCUT2D eigenvalue weighted by atomic mass is 10.2. The van der Waals surface area contributed by atoms with Gasteiger partial charge < -0.3 is 9.84 Å². The summed E-state index contributed by atoms with van der Waals surface area (Å²) in [5.41, 5.74) is 1.42. The van der Waals surface area contributed by atoms with Gasteiger partial charge in [-0.3, -0.25) is 0 Å². The number of aliphatic hydroxyl groups excluding tert-OH is 1. The van der Waals surface area contributed by atoms with Crippen LogP contribution in [0.1, 0.15) is 35.3 Å². The van der Waals surface area contributed by atoms with E-state index in [1.165, 1.54) is 16.2 Å². The van der Waals surface area contributed by atoms with Gasteiger partial charge in [0.25, 0.3) is 0 Å². The molecule has 0 saturated heterocycles. The largest absolute Gasteiger partial charge is 0.385 e. The molecule has 16 heavy (non-hydrogen) atoms. The summed E-state index contributed by atoms with van der Waals surface area (Å²) in [5.74, 6) is 2.31. The van der Waals surface area contributed by atoms with Gasteiger partial charge in [-0.15, -0.1) is 11.3 Å². The maximum Gasteiger partial charge on any atom is 0.111 e. The predicted molar refractivity (Wildman–Crippen MR) is 70.2 cm³/mol. The highest BCUT2D eigenvalue weighted by Gasteiger charge is 2.18. The second kappa shape index (κ2) is 5.54. The van der Waals surface area contributed by atoms with Crippen LogP contribution in [-0.2, 0) is 16.9 Å². The first-order chi connectivity index (χ1) is 7.66. The fraction of sp³-hybridized carbons (Fsp3) is 0.667. The van der Waals surface area contributed by atoms with Crippen LogP contribution in [0.15, 0.2) is 6.07 Å². The molecule has 4 heteroatoms. The van der Waals surface area contributed by atoms with Gasteiger partial charge in [-0.25, -0.2) is 0 Å². The van der Waals surface area contributed by atoms with Crippen molar-refractivity contribution >= 4 is 23.1 Å². The highest BCUT2D eigenvalue weighted by Crippen LogP contribution is 2.34. The van der Waals surface area contributed by atoms with Crippen LogP contribution in [0.5, 0.6) is 0 Å². The minimum atomic E-state index is -0.456. The van der Waals surface area contributed by atoms with E-state index in [1.807, 2.05) is 25.6 Å². The third-order valence-electron chi connectivity index (χ3n) is 2.56. The van der Waals surface area contributed by atoms with Crippen molar-refractivity contribution in [3.05, 3.63) is 21.4 Å². The number of hydrogen-bond acceptors (Lipinski definition) is 4. The molecule has 1 unspecified atom stereocenters. The van der Waals surface area contributed by atoms with E-state index in [0.717, 1.165) is 17.1 Å². The molecule has 0 amide bonds. The van der Waals surface area contributed by atoms with Gasteiger partial charge in [-0.1, -0.05) is 0 Å². The average Bonchev–Trinajstić information content (AvgIpc) is 2.69. The van der Waals surface area contributed by atoms with Gasteiger partial charge >= 0.3 is 0 Å². The van der Waals surface area contributed by atoms with Gasteiger partial charge in [0.15, 0.2) is 0 Å². The molecule has 0 bridgehead atoms. The number of aryl methyl sites for hydroxylation is 1. The Hall–Kier alpha value is -0.0300. The van der Waals surface area contributed by atoms with E-state index in [2.05, 4.69) is 6.07 Å². The summed E-state index contributed by atoms with van der Waals surface area (Å²) in [4.78, 5) is 2.52.